The molecule has 46 valence electrons. The SMILES string of the molecule is CC1(F)CN(N=O)C1. The normalized spacial score (nSPS) is 24.5. The average molecular weight is 118 g/mol. The second-order valence-electron chi connectivity index (χ2n) is 2.32. The van der Waals surface area contributed by atoms with Gasteiger partial charge in [0, 0.05) is 0 Å². The van der Waals surface area contributed by atoms with E-state index < -0.39 is 5.67 Å². The molecule has 1 fully saturated rings. The van der Waals surface area contributed by atoms with Gasteiger partial charge in [-0.05, 0) is 6.92 Å². The number of alkyl halides is 1. The van der Waals surface area contributed by atoms with Crippen LogP contribution in [0.4, 0.5) is 4.39 Å². The fourth-order valence-corrected chi connectivity index (χ4v) is 0.773. The zero-order chi connectivity index (χ0) is 6.20. The third-order valence-electron chi connectivity index (χ3n) is 1.14. The van der Waals surface area contributed by atoms with Gasteiger partial charge in [-0.2, -0.15) is 0 Å². The quantitative estimate of drug-likeness (QED) is 0.475. The van der Waals surface area contributed by atoms with E-state index in [-0.39, 0.29) is 13.1 Å². The molecule has 0 aromatic carbocycles. The number of rotatable bonds is 1. The van der Waals surface area contributed by atoms with Gasteiger partial charge >= 0.3 is 0 Å². The summed E-state index contributed by atoms with van der Waals surface area (Å²) in [6.45, 7) is 1.75. The molecular weight excluding hydrogens is 111 g/mol. The summed E-state index contributed by atoms with van der Waals surface area (Å²) in [4.78, 5) is 9.58. The van der Waals surface area contributed by atoms with Crippen molar-refractivity contribution in [2.24, 2.45) is 5.29 Å². The van der Waals surface area contributed by atoms with Crippen molar-refractivity contribution in [3.8, 4) is 0 Å². The molecule has 0 saturated carbocycles. The Morgan fingerprint density at radius 1 is 1.75 bits per heavy atom. The molecule has 1 saturated heterocycles. The van der Waals surface area contributed by atoms with Crippen molar-refractivity contribution < 1.29 is 4.39 Å². The Balaban J connectivity index is 2.31. The molecule has 3 nitrogen and oxygen atoms in total. The van der Waals surface area contributed by atoms with E-state index in [1.165, 1.54) is 6.92 Å². The minimum Gasteiger partial charge on any atom is -0.254 e. The van der Waals surface area contributed by atoms with Crippen molar-refractivity contribution >= 4 is 0 Å². The van der Waals surface area contributed by atoms with Gasteiger partial charge in [0.05, 0.1) is 18.4 Å². The highest BCUT2D eigenvalue weighted by Crippen LogP contribution is 2.23. The molecule has 0 aliphatic carbocycles. The van der Waals surface area contributed by atoms with Crippen LogP contribution >= 0.6 is 0 Å². The molecule has 1 aliphatic rings. The Morgan fingerprint density at radius 3 is 2.38 bits per heavy atom. The van der Waals surface area contributed by atoms with Crippen LogP contribution in [0.5, 0.6) is 0 Å². The van der Waals surface area contributed by atoms with Crippen LogP contribution < -0.4 is 0 Å². The van der Waals surface area contributed by atoms with Gasteiger partial charge in [-0.15, -0.1) is 4.91 Å². The summed E-state index contributed by atoms with van der Waals surface area (Å²) >= 11 is 0. The zero-order valence-corrected chi connectivity index (χ0v) is 4.59. The highest BCUT2D eigenvalue weighted by Gasteiger charge is 2.39. The Morgan fingerprint density at radius 2 is 2.25 bits per heavy atom. The fraction of sp³-hybridized carbons (Fsp3) is 1.00. The van der Waals surface area contributed by atoms with Crippen LogP contribution in [-0.4, -0.2) is 23.8 Å². The van der Waals surface area contributed by atoms with Gasteiger partial charge in [-0.1, -0.05) is 0 Å². The topological polar surface area (TPSA) is 32.7 Å². The Hall–Kier alpha value is -0.670. The van der Waals surface area contributed by atoms with E-state index in [9.17, 15) is 9.30 Å². The molecule has 0 atom stereocenters. The first-order chi connectivity index (χ1) is 3.64. The second kappa shape index (κ2) is 1.40. The maximum absolute atomic E-state index is 12.4. The standard InChI is InChI=1S/C4H7FN2O/c1-4(5)2-7(3-4)6-8/h2-3H2,1H3. The minimum absolute atomic E-state index is 0.149. The van der Waals surface area contributed by atoms with Crippen molar-refractivity contribution in [1.29, 1.82) is 0 Å². The number of hydrogen-bond donors (Lipinski definition) is 0. The van der Waals surface area contributed by atoms with Crippen LogP contribution in [0.2, 0.25) is 0 Å². The largest absolute Gasteiger partial charge is 0.254 e. The molecule has 0 amide bonds. The molecule has 0 unspecified atom stereocenters. The molecule has 0 aromatic rings. The van der Waals surface area contributed by atoms with Gasteiger partial charge in [0.2, 0.25) is 0 Å². The first-order valence-corrected chi connectivity index (χ1v) is 2.41. The van der Waals surface area contributed by atoms with Crippen molar-refractivity contribution in [1.82, 2.24) is 5.01 Å². The van der Waals surface area contributed by atoms with Crippen molar-refractivity contribution in [2.45, 2.75) is 12.6 Å². The zero-order valence-electron chi connectivity index (χ0n) is 4.59. The number of hydrogen-bond acceptors (Lipinski definition) is 2. The van der Waals surface area contributed by atoms with Gasteiger partial charge in [0.1, 0.15) is 5.67 Å². The van der Waals surface area contributed by atoms with Crippen LogP contribution in [0.3, 0.4) is 0 Å². The fourth-order valence-electron chi connectivity index (χ4n) is 0.773. The molecule has 1 heterocycles. The summed E-state index contributed by atoms with van der Waals surface area (Å²) in [5, 5.41) is 3.69. The van der Waals surface area contributed by atoms with Crippen molar-refractivity contribution in [2.75, 3.05) is 13.1 Å². The molecule has 1 aliphatic heterocycles. The van der Waals surface area contributed by atoms with E-state index in [1.54, 1.807) is 0 Å². The summed E-state index contributed by atoms with van der Waals surface area (Å²) in [6, 6.07) is 0. The van der Waals surface area contributed by atoms with Gasteiger partial charge in [-0.3, -0.25) is 5.01 Å². The molecule has 0 bridgehead atoms. The Bertz CT molecular complexity index is 107. The van der Waals surface area contributed by atoms with Gasteiger partial charge in [0.15, 0.2) is 0 Å². The maximum atomic E-state index is 12.4. The summed E-state index contributed by atoms with van der Waals surface area (Å²) in [5.74, 6) is 0. The molecule has 0 aromatic heterocycles. The van der Waals surface area contributed by atoms with E-state index >= 15 is 0 Å². The lowest BCUT2D eigenvalue weighted by Crippen LogP contribution is -2.53. The predicted molar refractivity (Wildman–Crippen MR) is 26.9 cm³/mol. The van der Waals surface area contributed by atoms with Crippen LogP contribution in [0.1, 0.15) is 6.92 Å². The maximum Gasteiger partial charge on any atom is 0.146 e. The number of halogens is 1. The van der Waals surface area contributed by atoms with E-state index in [1.807, 2.05) is 0 Å². The van der Waals surface area contributed by atoms with E-state index in [2.05, 4.69) is 5.29 Å². The van der Waals surface area contributed by atoms with Crippen molar-refractivity contribution in [3.63, 3.8) is 0 Å². The highest BCUT2D eigenvalue weighted by atomic mass is 19.1. The first kappa shape index (κ1) is 5.47. The molecule has 0 N–H and O–H groups in total. The Kier molecular flexibility index (Phi) is 0.957. The van der Waals surface area contributed by atoms with Gasteiger partial charge in [-0.25, -0.2) is 4.39 Å². The lowest BCUT2D eigenvalue weighted by molar-refractivity contribution is -0.0169. The third kappa shape index (κ3) is 0.778. The van der Waals surface area contributed by atoms with Crippen LogP contribution in [0, 0.1) is 4.91 Å². The summed E-state index contributed by atoms with van der Waals surface area (Å²) in [6.07, 6.45) is 0. The van der Waals surface area contributed by atoms with E-state index in [0.29, 0.717) is 0 Å². The van der Waals surface area contributed by atoms with Crippen LogP contribution in [-0.2, 0) is 0 Å². The van der Waals surface area contributed by atoms with E-state index in [4.69, 9.17) is 0 Å². The molecule has 8 heavy (non-hydrogen) atoms. The summed E-state index contributed by atoms with van der Waals surface area (Å²) in [5.41, 5.74) is -1.17. The Labute approximate surface area is 46.4 Å². The lowest BCUT2D eigenvalue weighted by Gasteiger charge is -2.37. The number of nitrogens with zero attached hydrogens (tertiary/aromatic N) is 2. The van der Waals surface area contributed by atoms with Gasteiger partial charge in [0.25, 0.3) is 0 Å². The molecular formula is C4H7FN2O. The van der Waals surface area contributed by atoms with Crippen LogP contribution in [0.25, 0.3) is 0 Å². The minimum atomic E-state index is -1.17. The molecule has 0 radical (unpaired) electrons. The second-order valence-corrected chi connectivity index (χ2v) is 2.32. The number of nitroso groups, excluding NO2 is 1. The predicted octanol–water partition coefficient (Wildman–Crippen LogP) is 0.712. The average Bonchev–Trinajstić information content (AvgIpc) is 1.60. The van der Waals surface area contributed by atoms with Crippen molar-refractivity contribution in [3.05, 3.63) is 4.91 Å². The molecule has 4 heteroatoms. The van der Waals surface area contributed by atoms with Crippen LogP contribution in [0.15, 0.2) is 5.29 Å². The van der Waals surface area contributed by atoms with E-state index in [0.717, 1.165) is 5.01 Å². The smallest absolute Gasteiger partial charge is 0.146 e. The summed E-state index contributed by atoms with van der Waals surface area (Å²) in [7, 11) is 0. The third-order valence-corrected chi connectivity index (χ3v) is 1.14. The summed E-state index contributed by atoms with van der Waals surface area (Å²) < 4.78 is 12.4. The van der Waals surface area contributed by atoms with Gasteiger partial charge < -0.3 is 0 Å². The monoisotopic (exact) mass is 118 g/mol. The molecule has 0 spiro atoms. The lowest BCUT2D eigenvalue weighted by atomic mass is 10.0. The highest BCUT2D eigenvalue weighted by molar-refractivity contribution is 4.89. The molecule has 1 rings (SSSR count). The first-order valence-electron chi connectivity index (χ1n) is 2.41.